The normalized spacial score (nSPS) is 10.5. The lowest BCUT2D eigenvalue weighted by Gasteiger charge is -2.25. The third kappa shape index (κ3) is 3.43. The first-order chi connectivity index (χ1) is 8.32. The number of nitrogens with zero attached hydrogens (tertiary/aromatic N) is 1. The zero-order chi connectivity index (χ0) is 13.9. The maximum absolute atomic E-state index is 13.6. The number of halogens is 2. The molecular weight excluding hydrogens is 261 g/mol. The molecule has 0 fully saturated rings. The summed E-state index contributed by atoms with van der Waals surface area (Å²) >= 11 is 5.59. The highest BCUT2D eigenvalue weighted by molar-refractivity contribution is 6.30. The number of hydrogen-bond donors (Lipinski definition) is 1. The molecule has 0 aliphatic rings. The molecule has 1 N–H and O–H groups in total. The molecule has 0 aliphatic carbocycles. The Bertz CT molecular complexity index is 476. The van der Waals surface area contributed by atoms with Crippen molar-refractivity contribution in [3.05, 3.63) is 34.6 Å². The Balaban J connectivity index is 3.05. The van der Waals surface area contributed by atoms with E-state index in [0.717, 1.165) is 11.0 Å². The molecule has 1 aromatic rings. The summed E-state index contributed by atoms with van der Waals surface area (Å²) in [5, 5.41) is 8.91. The monoisotopic (exact) mass is 273 g/mol. The molecule has 18 heavy (non-hydrogen) atoms. The highest BCUT2D eigenvalue weighted by Gasteiger charge is 2.23. The number of aliphatic carboxylic acids is 1. The molecule has 0 saturated carbocycles. The molecule has 1 amide bonds. The van der Waals surface area contributed by atoms with Gasteiger partial charge in [0.15, 0.2) is 0 Å². The van der Waals surface area contributed by atoms with Crippen LogP contribution in [0.25, 0.3) is 0 Å². The zero-order valence-electron chi connectivity index (χ0n) is 9.98. The van der Waals surface area contributed by atoms with Crippen molar-refractivity contribution >= 4 is 23.5 Å². The molecule has 98 valence electrons. The van der Waals surface area contributed by atoms with Crippen molar-refractivity contribution in [2.75, 3.05) is 6.54 Å². The number of carboxylic acids is 1. The van der Waals surface area contributed by atoms with E-state index in [9.17, 15) is 14.0 Å². The average molecular weight is 274 g/mol. The van der Waals surface area contributed by atoms with Crippen LogP contribution in [0.2, 0.25) is 5.02 Å². The minimum Gasteiger partial charge on any atom is -0.480 e. The molecule has 1 rings (SSSR count). The molecule has 0 atom stereocenters. The molecule has 0 unspecified atom stereocenters. The second kappa shape index (κ2) is 5.82. The SMILES string of the molecule is CC(C)N(CC(=O)O)C(=O)c1ccc(Cl)cc1F. The van der Waals surface area contributed by atoms with Gasteiger partial charge in [-0.25, -0.2) is 4.39 Å². The Morgan fingerprint density at radius 3 is 2.50 bits per heavy atom. The van der Waals surface area contributed by atoms with E-state index in [1.54, 1.807) is 13.8 Å². The van der Waals surface area contributed by atoms with Crippen molar-refractivity contribution < 1.29 is 19.1 Å². The lowest BCUT2D eigenvalue weighted by atomic mass is 10.1. The van der Waals surface area contributed by atoms with Gasteiger partial charge in [0.1, 0.15) is 12.4 Å². The summed E-state index contributed by atoms with van der Waals surface area (Å²) in [7, 11) is 0. The van der Waals surface area contributed by atoms with E-state index in [0.29, 0.717) is 0 Å². The predicted molar refractivity (Wildman–Crippen MR) is 65.2 cm³/mol. The van der Waals surface area contributed by atoms with Gasteiger partial charge in [-0.2, -0.15) is 0 Å². The minimum atomic E-state index is -1.15. The molecule has 0 saturated heterocycles. The summed E-state index contributed by atoms with van der Waals surface area (Å²) < 4.78 is 13.6. The van der Waals surface area contributed by atoms with Gasteiger partial charge >= 0.3 is 5.97 Å². The van der Waals surface area contributed by atoms with Crippen molar-refractivity contribution in [3.8, 4) is 0 Å². The van der Waals surface area contributed by atoms with Crippen LogP contribution in [0.5, 0.6) is 0 Å². The Kier molecular flexibility index (Phi) is 4.67. The van der Waals surface area contributed by atoms with E-state index in [-0.39, 0.29) is 16.6 Å². The van der Waals surface area contributed by atoms with Gasteiger partial charge in [-0.3, -0.25) is 9.59 Å². The van der Waals surface area contributed by atoms with E-state index in [2.05, 4.69) is 0 Å². The van der Waals surface area contributed by atoms with Gasteiger partial charge in [0.25, 0.3) is 5.91 Å². The van der Waals surface area contributed by atoms with Crippen LogP contribution in [-0.4, -0.2) is 34.5 Å². The fourth-order valence-electron chi connectivity index (χ4n) is 1.45. The van der Waals surface area contributed by atoms with Crippen molar-refractivity contribution in [1.29, 1.82) is 0 Å². The first-order valence-electron chi connectivity index (χ1n) is 5.30. The summed E-state index contributed by atoms with van der Waals surface area (Å²) in [4.78, 5) is 23.8. The number of amides is 1. The van der Waals surface area contributed by atoms with E-state index in [1.165, 1.54) is 12.1 Å². The van der Waals surface area contributed by atoms with E-state index < -0.39 is 24.2 Å². The zero-order valence-corrected chi connectivity index (χ0v) is 10.7. The number of carboxylic acid groups (broad SMARTS) is 1. The molecule has 0 heterocycles. The van der Waals surface area contributed by atoms with Gasteiger partial charge in [-0.1, -0.05) is 11.6 Å². The van der Waals surface area contributed by atoms with Gasteiger partial charge in [-0.05, 0) is 32.0 Å². The third-order valence-corrected chi connectivity index (χ3v) is 2.59. The molecule has 1 aromatic carbocycles. The van der Waals surface area contributed by atoms with E-state index in [1.807, 2.05) is 0 Å². The van der Waals surface area contributed by atoms with Crippen molar-refractivity contribution in [1.82, 2.24) is 4.90 Å². The molecule has 0 aromatic heterocycles. The van der Waals surface area contributed by atoms with Crippen LogP contribution < -0.4 is 0 Å². The van der Waals surface area contributed by atoms with Crippen molar-refractivity contribution in [3.63, 3.8) is 0 Å². The Morgan fingerprint density at radius 2 is 2.06 bits per heavy atom. The topological polar surface area (TPSA) is 57.6 Å². The quantitative estimate of drug-likeness (QED) is 0.916. The Morgan fingerprint density at radius 1 is 1.44 bits per heavy atom. The first kappa shape index (κ1) is 14.4. The van der Waals surface area contributed by atoms with Crippen LogP contribution in [0, 0.1) is 5.82 Å². The fraction of sp³-hybridized carbons (Fsp3) is 0.333. The van der Waals surface area contributed by atoms with Crippen LogP contribution in [0.1, 0.15) is 24.2 Å². The third-order valence-electron chi connectivity index (χ3n) is 2.35. The summed E-state index contributed by atoms with van der Waals surface area (Å²) in [6, 6.07) is 3.31. The molecule has 0 radical (unpaired) electrons. The second-order valence-corrected chi connectivity index (χ2v) is 4.48. The van der Waals surface area contributed by atoms with Crippen LogP contribution >= 0.6 is 11.6 Å². The maximum atomic E-state index is 13.6. The van der Waals surface area contributed by atoms with Gasteiger partial charge in [0.05, 0.1) is 5.56 Å². The predicted octanol–water partition coefficient (Wildman–Crippen LogP) is 2.41. The van der Waals surface area contributed by atoms with Gasteiger partial charge in [0, 0.05) is 11.1 Å². The van der Waals surface area contributed by atoms with Crippen molar-refractivity contribution in [2.24, 2.45) is 0 Å². The van der Waals surface area contributed by atoms with Gasteiger partial charge < -0.3 is 10.0 Å². The molecular formula is C12H13ClFNO3. The lowest BCUT2D eigenvalue weighted by molar-refractivity contribution is -0.138. The lowest BCUT2D eigenvalue weighted by Crippen LogP contribution is -2.41. The van der Waals surface area contributed by atoms with Gasteiger partial charge in [-0.15, -0.1) is 0 Å². The van der Waals surface area contributed by atoms with Crippen LogP contribution in [0.3, 0.4) is 0 Å². The summed E-state index contributed by atoms with van der Waals surface area (Å²) in [6.07, 6.45) is 0. The Labute approximate surface area is 109 Å². The number of carbonyl (C=O) groups is 2. The summed E-state index contributed by atoms with van der Waals surface area (Å²) in [6.45, 7) is 2.85. The smallest absolute Gasteiger partial charge is 0.323 e. The fourth-order valence-corrected chi connectivity index (χ4v) is 1.61. The number of benzene rings is 1. The van der Waals surface area contributed by atoms with E-state index in [4.69, 9.17) is 16.7 Å². The number of rotatable bonds is 4. The first-order valence-corrected chi connectivity index (χ1v) is 5.68. The highest BCUT2D eigenvalue weighted by atomic mass is 35.5. The van der Waals surface area contributed by atoms with Crippen molar-refractivity contribution in [2.45, 2.75) is 19.9 Å². The second-order valence-electron chi connectivity index (χ2n) is 4.04. The Hall–Kier alpha value is -1.62. The summed E-state index contributed by atoms with van der Waals surface area (Å²) in [5.74, 6) is -2.57. The molecule has 4 nitrogen and oxygen atoms in total. The average Bonchev–Trinajstić information content (AvgIpc) is 2.24. The molecule has 0 aliphatic heterocycles. The van der Waals surface area contributed by atoms with Gasteiger partial charge in [0.2, 0.25) is 0 Å². The highest BCUT2D eigenvalue weighted by Crippen LogP contribution is 2.17. The maximum Gasteiger partial charge on any atom is 0.323 e. The molecule has 0 bridgehead atoms. The number of hydrogen-bond acceptors (Lipinski definition) is 2. The van der Waals surface area contributed by atoms with Crippen LogP contribution in [0.15, 0.2) is 18.2 Å². The van der Waals surface area contributed by atoms with Crippen LogP contribution in [-0.2, 0) is 4.79 Å². The van der Waals surface area contributed by atoms with Crippen LogP contribution in [0.4, 0.5) is 4.39 Å². The van der Waals surface area contributed by atoms with E-state index >= 15 is 0 Å². The summed E-state index contributed by atoms with van der Waals surface area (Å²) in [5.41, 5.74) is -0.186. The molecule has 6 heteroatoms. The largest absolute Gasteiger partial charge is 0.480 e. The molecule has 0 spiro atoms. The minimum absolute atomic E-state index is 0.179. The standard InChI is InChI=1S/C12H13ClFNO3/c1-7(2)15(6-11(16)17)12(18)9-4-3-8(13)5-10(9)14/h3-5,7H,6H2,1-2H3,(H,16,17). The number of carbonyl (C=O) groups excluding carboxylic acids is 1.